The Morgan fingerprint density at radius 1 is 0.304 bits per heavy atom. The summed E-state index contributed by atoms with van der Waals surface area (Å²) < 4.78 is 30.5. The van der Waals surface area contributed by atoms with Crippen LogP contribution in [0, 0.1) is 0 Å². The van der Waals surface area contributed by atoms with Crippen molar-refractivity contribution in [1.82, 2.24) is 5.56 Å². The number of hydrogen-bond acceptors (Lipinski definition) is 4. The Morgan fingerprint density at radius 3 is 1.43 bits per heavy atom. The van der Waals surface area contributed by atoms with Crippen LogP contribution in [0.2, 0.25) is 0 Å². The minimum atomic E-state index is 0.853. The molecule has 6 heterocycles. The molecule has 8 heteroatoms. The van der Waals surface area contributed by atoms with Crippen molar-refractivity contribution in [3.05, 3.63) is 133 Å². The molecule has 56 heavy (non-hydrogen) atoms. The highest BCUT2D eigenvalue weighted by atomic mass is 127. The first-order valence-electron chi connectivity index (χ1n) is 18.4. The van der Waals surface area contributed by atoms with Crippen molar-refractivity contribution in [2.45, 2.75) is 0 Å². The van der Waals surface area contributed by atoms with Gasteiger partial charge in [-0.05, 0) is 83.9 Å². The van der Waals surface area contributed by atoms with Crippen LogP contribution in [0.5, 0.6) is 0 Å². The molecule has 0 amide bonds. The summed E-state index contributed by atoms with van der Waals surface area (Å²) in [5.41, 5.74) is 13.7. The molecular weight excluding hydrogens is 922 g/mol. The van der Waals surface area contributed by atoms with E-state index in [1.165, 1.54) is 10.8 Å². The highest BCUT2D eigenvalue weighted by Crippen LogP contribution is 2.46. The summed E-state index contributed by atoms with van der Waals surface area (Å²) in [5, 5.41) is 13.4. The zero-order chi connectivity index (χ0) is 36.6. The molecule has 0 radical (unpaired) electrons. The lowest BCUT2D eigenvalue weighted by Gasteiger charge is -2.02. The van der Waals surface area contributed by atoms with Crippen molar-refractivity contribution in [2.75, 3.05) is 0 Å². The maximum absolute atomic E-state index is 6.74. The second-order valence-corrected chi connectivity index (χ2v) is 16.7. The largest absolute Gasteiger partial charge is 0.456 e. The van der Waals surface area contributed by atoms with E-state index in [4.69, 9.17) is 17.7 Å². The summed E-state index contributed by atoms with van der Waals surface area (Å²) in [6, 6.07) is 47.2. The van der Waals surface area contributed by atoms with Gasteiger partial charge in [0, 0.05) is 66.0 Å². The molecule has 0 unspecified atom stereocenters. The first-order chi connectivity index (χ1) is 27.6. The topological polar surface area (TPSA) is 62.4 Å². The molecule has 0 aliphatic heterocycles. The maximum atomic E-state index is 6.74. The fourth-order valence-corrected chi connectivity index (χ4v) is 11.0. The van der Waals surface area contributed by atoms with Crippen LogP contribution in [0.4, 0.5) is 0 Å². The highest BCUT2D eigenvalue weighted by Gasteiger charge is 2.23. The number of aromatic nitrogens is 2. The van der Waals surface area contributed by atoms with Gasteiger partial charge in [0.15, 0.2) is 0 Å². The van der Waals surface area contributed by atoms with E-state index in [2.05, 4.69) is 160 Å². The average molecular weight is 945 g/mol. The first-order valence-corrected chi connectivity index (χ1v) is 20.3. The predicted molar refractivity (Wildman–Crippen MR) is 246 cm³/mol. The molecule has 0 spiro atoms. The molecular formula is C48H22I2N2O4. The molecule has 0 saturated carbocycles. The molecule has 0 fully saturated rings. The summed E-state index contributed by atoms with van der Waals surface area (Å²) in [6.07, 6.45) is 0. The number of furan rings is 4. The van der Waals surface area contributed by atoms with Crippen LogP contribution < -0.4 is 0 Å². The van der Waals surface area contributed by atoms with Crippen LogP contribution in [-0.2, 0) is 0 Å². The van der Waals surface area contributed by atoms with Crippen LogP contribution >= 0.6 is 45.7 Å². The Balaban J connectivity index is 0.940. The van der Waals surface area contributed by atoms with E-state index < -0.39 is 0 Å². The fraction of sp³-hybridized carbons (Fsp3) is 0. The first kappa shape index (κ1) is 30.3. The van der Waals surface area contributed by atoms with E-state index in [0.717, 1.165) is 132 Å². The third-order valence-corrected chi connectivity index (χ3v) is 14.0. The quantitative estimate of drug-likeness (QED) is 0.154. The van der Waals surface area contributed by atoms with Crippen molar-refractivity contribution in [1.29, 1.82) is 0 Å². The minimum Gasteiger partial charge on any atom is -0.456 e. The van der Waals surface area contributed by atoms with Gasteiger partial charge < -0.3 is 17.7 Å². The lowest BCUT2D eigenvalue weighted by molar-refractivity contribution is 0.669. The van der Waals surface area contributed by atoms with E-state index in [-0.39, 0.29) is 0 Å². The van der Waals surface area contributed by atoms with Gasteiger partial charge in [0.05, 0.1) is 78.6 Å². The lowest BCUT2D eigenvalue weighted by Crippen LogP contribution is -1.78. The van der Waals surface area contributed by atoms with Crippen LogP contribution in [0.3, 0.4) is 0 Å². The standard InChI is InChI=1S/C48H22I2N2O4/c49-51-35-14-12-28-25-5-1-4-8-40(25)55-47(28)45(35)46-36(51)15-13-29-32-17-23(10-16-41(32)56-48(29)46)24-9-11-27-34-20-31-30-19-33-26-6-2-3-7-39(26)53-43(33)21-37(30)52(50)38(31)22-44(34)54-42(27)18-24/h1-22H. The van der Waals surface area contributed by atoms with Crippen molar-refractivity contribution >= 4 is 177 Å². The molecule has 14 aromatic rings. The highest BCUT2D eigenvalue weighted by molar-refractivity contribution is 14.1. The molecule has 0 bridgehead atoms. The number of hydrogen-bond donors (Lipinski definition) is 0. The molecule has 0 saturated heterocycles. The smallest absolute Gasteiger partial charge is 0.145 e. The van der Waals surface area contributed by atoms with Gasteiger partial charge in [0.25, 0.3) is 0 Å². The summed E-state index contributed by atoms with van der Waals surface area (Å²) in [5.74, 6) is 0. The number of rotatable bonds is 1. The average Bonchev–Trinajstić information content (AvgIpc) is 4.07. The number of nitrogens with zero attached hydrogens (tertiary/aromatic N) is 2. The summed E-state index contributed by atoms with van der Waals surface area (Å²) in [4.78, 5) is 0. The van der Waals surface area contributed by atoms with Gasteiger partial charge in [-0.25, -0.2) is 0 Å². The molecule has 0 atom stereocenters. The fourth-order valence-electron chi connectivity index (χ4n) is 9.37. The maximum Gasteiger partial charge on any atom is 0.145 e. The van der Waals surface area contributed by atoms with Gasteiger partial charge in [-0.2, -0.15) is 0 Å². The lowest BCUT2D eigenvalue weighted by atomic mass is 10.0. The molecule has 0 aliphatic rings. The second kappa shape index (κ2) is 10.4. The van der Waals surface area contributed by atoms with Crippen molar-refractivity contribution in [3.63, 3.8) is 0 Å². The Morgan fingerprint density at radius 2 is 0.750 bits per heavy atom. The molecule has 262 valence electrons. The van der Waals surface area contributed by atoms with Gasteiger partial charge >= 0.3 is 0 Å². The van der Waals surface area contributed by atoms with Gasteiger partial charge in [0.2, 0.25) is 0 Å². The molecule has 0 N–H and O–H groups in total. The Labute approximate surface area is 342 Å². The molecule has 8 aromatic carbocycles. The van der Waals surface area contributed by atoms with Gasteiger partial charge in [0.1, 0.15) is 44.7 Å². The number of para-hydroxylation sites is 2. The summed E-state index contributed by atoms with van der Waals surface area (Å²) in [6.45, 7) is 0. The van der Waals surface area contributed by atoms with Crippen LogP contribution in [-0.4, -0.2) is 5.56 Å². The van der Waals surface area contributed by atoms with E-state index >= 15 is 0 Å². The van der Waals surface area contributed by atoms with E-state index in [1.807, 2.05) is 24.3 Å². The van der Waals surface area contributed by atoms with E-state index in [9.17, 15) is 0 Å². The Hall–Kier alpha value is -5.98. The van der Waals surface area contributed by atoms with Gasteiger partial charge in [-0.3, -0.25) is 5.56 Å². The van der Waals surface area contributed by atoms with E-state index in [0.29, 0.717) is 0 Å². The molecule has 6 nitrogen and oxygen atoms in total. The predicted octanol–water partition coefficient (Wildman–Crippen LogP) is 15.6. The SMILES string of the molecule is In1c2cc3oc4ccccc4c3cc2c2cc3c(cc21)oc1cc(-c2ccc4oc5c(ccc6c5c5c7oc8ccccc8c7ccc5n6I)c4c2)ccc13. The summed E-state index contributed by atoms with van der Waals surface area (Å²) >= 11 is 4.79. The van der Waals surface area contributed by atoms with Crippen molar-refractivity contribution in [2.24, 2.45) is 0 Å². The molecule has 6 aromatic heterocycles. The number of halogens is 2. The van der Waals surface area contributed by atoms with Gasteiger partial charge in [-0.1, -0.05) is 48.5 Å². The number of benzene rings is 8. The van der Waals surface area contributed by atoms with Crippen LogP contribution in [0.15, 0.2) is 151 Å². The van der Waals surface area contributed by atoms with Gasteiger partial charge in [-0.15, -0.1) is 0 Å². The monoisotopic (exact) mass is 944 g/mol. The third kappa shape index (κ3) is 3.76. The van der Waals surface area contributed by atoms with Crippen molar-refractivity contribution in [3.8, 4) is 11.1 Å². The Bertz CT molecular complexity index is 4090. The normalized spacial score (nSPS) is 12.8. The van der Waals surface area contributed by atoms with Crippen molar-refractivity contribution < 1.29 is 17.7 Å². The second-order valence-electron chi connectivity index (χ2n) is 14.8. The minimum absolute atomic E-state index is 0.853. The molecule has 14 rings (SSSR count). The van der Waals surface area contributed by atoms with Crippen LogP contribution in [0.1, 0.15) is 0 Å². The third-order valence-electron chi connectivity index (χ3n) is 11.9. The number of fused-ring (bicyclic) bond motifs is 20. The summed E-state index contributed by atoms with van der Waals surface area (Å²) in [7, 11) is 0. The zero-order valence-electron chi connectivity index (χ0n) is 29.0. The van der Waals surface area contributed by atoms with E-state index in [1.54, 1.807) is 0 Å². The molecule has 0 aliphatic carbocycles. The Kier molecular flexibility index (Phi) is 5.65. The zero-order valence-corrected chi connectivity index (χ0v) is 33.3. The van der Waals surface area contributed by atoms with Crippen LogP contribution in [0.25, 0.3) is 142 Å².